The van der Waals surface area contributed by atoms with E-state index in [1.807, 2.05) is 0 Å². The van der Waals surface area contributed by atoms with Crippen LogP contribution in [0.15, 0.2) is 18.2 Å². The Morgan fingerprint density at radius 3 is 2.68 bits per heavy atom. The van der Waals surface area contributed by atoms with Gasteiger partial charge in [-0.3, -0.25) is 0 Å². The fourth-order valence-electron chi connectivity index (χ4n) is 1.39. The molecule has 100 valence electrons. The van der Waals surface area contributed by atoms with Crippen LogP contribution in [0.3, 0.4) is 0 Å². The van der Waals surface area contributed by atoms with Gasteiger partial charge < -0.3 is 15.8 Å². The number of nitrogens with two attached hydrogens (primary N) is 1. The van der Waals surface area contributed by atoms with Gasteiger partial charge in [0.05, 0.1) is 10.0 Å². The molecule has 0 saturated carbocycles. The molecule has 0 unspecified atom stereocenters. The molecule has 0 amide bonds. The summed E-state index contributed by atoms with van der Waals surface area (Å²) in [4.78, 5) is 12.1. The smallest absolute Gasteiger partial charge is 0.232 e. The number of anilines is 3. The van der Waals surface area contributed by atoms with Gasteiger partial charge in [0.15, 0.2) is 5.82 Å². The third-order valence-electron chi connectivity index (χ3n) is 2.15. The molecular weight excluding hydrogens is 289 g/mol. The van der Waals surface area contributed by atoms with Crippen LogP contribution < -0.4 is 11.1 Å². The molecule has 0 aliphatic carbocycles. The van der Waals surface area contributed by atoms with Crippen LogP contribution in [-0.4, -0.2) is 22.1 Å². The molecule has 3 N–H and O–H groups in total. The van der Waals surface area contributed by atoms with Gasteiger partial charge in [-0.05, 0) is 18.2 Å². The number of benzene rings is 1. The number of aromatic nitrogens is 3. The number of methoxy groups -OCH3 is 1. The van der Waals surface area contributed by atoms with Gasteiger partial charge in [-0.25, -0.2) is 0 Å². The number of hydrogen-bond acceptors (Lipinski definition) is 6. The van der Waals surface area contributed by atoms with E-state index in [1.165, 1.54) is 0 Å². The first-order chi connectivity index (χ1) is 9.08. The first-order valence-electron chi connectivity index (χ1n) is 5.30. The van der Waals surface area contributed by atoms with Crippen molar-refractivity contribution in [3.63, 3.8) is 0 Å². The maximum atomic E-state index is 5.92. The zero-order chi connectivity index (χ0) is 13.8. The Morgan fingerprint density at radius 1 is 1.21 bits per heavy atom. The van der Waals surface area contributed by atoms with Crippen LogP contribution in [0.2, 0.25) is 10.0 Å². The summed E-state index contributed by atoms with van der Waals surface area (Å²) in [5.41, 5.74) is 6.29. The van der Waals surface area contributed by atoms with Crippen molar-refractivity contribution in [3.8, 4) is 0 Å². The predicted molar refractivity (Wildman–Crippen MR) is 74.7 cm³/mol. The third-order valence-corrected chi connectivity index (χ3v) is 2.89. The molecule has 1 heterocycles. The highest BCUT2D eigenvalue weighted by Gasteiger charge is 2.06. The second kappa shape index (κ2) is 6.01. The summed E-state index contributed by atoms with van der Waals surface area (Å²) in [5.74, 6) is 0.875. The summed E-state index contributed by atoms with van der Waals surface area (Å²) in [7, 11) is 1.55. The Bertz CT molecular complexity index is 593. The van der Waals surface area contributed by atoms with Gasteiger partial charge in [-0.2, -0.15) is 15.0 Å². The largest absolute Gasteiger partial charge is 0.377 e. The highest BCUT2D eigenvalue weighted by Crippen LogP contribution is 2.26. The first kappa shape index (κ1) is 13.8. The molecule has 0 fully saturated rings. The molecule has 0 aliphatic rings. The lowest BCUT2D eigenvalue weighted by Crippen LogP contribution is -2.07. The number of nitrogens with one attached hydrogen (secondary N) is 1. The quantitative estimate of drug-likeness (QED) is 0.902. The zero-order valence-electron chi connectivity index (χ0n) is 10.0. The standard InChI is InChI=1S/C11H11Cl2N5O/c1-19-5-9-16-10(14)18-11(17-9)15-6-2-3-7(12)8(13)4-6/h2-4H,5H2,1H3,(H3,14,15,16,17,18). The minimum atomic E-state index is 0.115. The Morgan fingerprint density at radius 2 is 2.00 bits per heavy atom. The summed E-state index contributed by atoms with van der Waals surface area (Å²) in [6.45, 7) is 0.253. The Labute approximate surface area is 119 Å². The third kappa shape index (κ3) is 3.66. The van der Waals surface area contributed by atoms with E-state index in [9.17, 15) is 0 Å². The van der Waals surface area contributed by atoms with Crippen LogP contribution in [0.1, 0.15) is 5.82 Å². The van der Waals surface area contributed by atoms with Crippen LogP contribution in [0.4, 0.5) is 17.6 Å². The lowest BCUT2D eigenvalue weighted by molar-refractivity contribution is 0.178. The van der Waals surface area contributed by atoms with Crippen molar-refractivity contribution in [2.75, 3.05) is 18.2 Å². The van der Waals surface area contributed by atoms with E-state index < -0.39 is 0 Å². The minimum absolute atomic E-state index is 0.115. The molecule has 2 aromatic rings. The first-order valence-corrected chi connectivity index (χ1v) is 6.05. The van der Waals surface area contributed by atoms with Crippen molar-refractivity contribution < 1.29 is 4.74 Å². The lowest BCUT2D eigenvalue weighted by Gasteiger charge is -2.07. The molecule has 0 radical (unpaired) electrons. The van der Waals surface area contributed by atoms with E-state index >= 15 is 0 Å². The fourth-order valence-corrected chi connectivity index (χ4v) is 1.69. The van der Waals surface area contributed by atoms with Crippen LogP contribution in [0, 0.1) is 0 Å². The molecule has 19 heavy (non-hydrogen) atoms. The van der Waals surface area contributed by atoms with Gasteiger partial charge >= 0.3 is 0 Å². The number of ether oxygens (including phenoxy) is 1. The number of nitrogen functional groups attached to an aromatic ring is 1. The summed E-state index contributed by atoms with van der Waals surface area (Å²) in [6, 6.07) is 5.09. The lowest BCUT2D eigenvalue weighted by atomic mass is 10.3. The van der Waals surface area contributed by atoms with Crippen molar-refractivity contribution in [3.05, 3.63) is 34.1 Å². The molecule has 0 spiro atoms. The van der Waals surface area contributed by atoms with Crippen molar-refractivity contribution >= 4 is 40.8 Å². The average Bonchev–Trinajstić information content (AvgIpc) is 2.33. The monoisotopic (exact) mass is 299 g/mol. The molecule has 0 saturated heterocycles. The predicted octanol–water partition coefficient (Wildman–Crippen LogP) is 2.65. The van der Waals surface area contributed by atoms with E-state index in [-0.39, 0.29) is 12.6 Å². The second-order valence-corrected chi connectivity index (χ2v) is 4.43. The average molecular weight is 300 g/mol. The van der Waals surface area contributed by atoms with Crippen LogP contribution >= 0.6 is 23.2 Å². The maximum Gasteiger partial charge on any atom is 0.232 e. The Hall–Kier alpha value is -1.63. The van der Waals surface area contributed by atoms with E-state index in [0.29, 0.717) is 27.5 Å². The fraction of sp³-hybridized carbons (Fsp3) is 0.182. The van der Waals surface area contributed by atoms with E-state index in [2.05, 4.69) is 20.3 Å². The van der Waals surface area contributed by atoms with Crippen LogP contribution in [0.25, 0.3) is 0 Å². The Balaban J connectivity index is 2.24. The minimum Gasteiger partial charge on any atom is -0.377 e. The number of hydrogen-bond donors (Lipinski definition) is 2. The zero-order valence-corrected chi connectivity index (χ0v) is 11.5. The normalized spacial score (nSPS) is 10.5. The van der Waals surface area contributed by atoms with Crippen molar-refractivity contribution in [2.24, 2.45) is 0 Å². The number of nitrogens with zero attached hydrogens (tertiary/aromatic N) is 3. The van der Waals surface area contributed by atoms with Crippen molar-refractivity contribution in [2.45, 2.75) is 6.61 Å². The second-order valence-electron chi connectivity index (χ2n) is 3.62. The van der Waals surface area contributed by atoms with Gasteiger partial charge in [-0.1, -0.05) is 23.2 Å². The molecular formula is C11H11Cl2N5O. The molecule has 0 aliphatic heterocycles. The molecule has 1 aromatic carbocycles. The molecule has 1 aromatic heterocycles. The van der Waals surface area contributed by atoms with Gasteiger partial charge in [0.25, 0.3) is 0 Å². The van der Waals surface area contributed by atoms with E-state index in [0.717, 1.165) is 0 Å². The summed E-state index contributed by atoms with van der Waals surface area (Å²) in [5, 5.41) is 3.88. The Kier molecular flexibility index (Phi) is 4.36. The molecule has 6 nitrogen and oxygen atoms in total. The molecule has 2 rings (SSSR count). The van der Waals surface area contributed by atoms with Crippen LogP contribution in [-0.2, 0) is 11.3 Å². The number of halogens is 2. The van der Waals surface area contributed by atoms with Gasteiger partial charge in [0, 0.05) is 12.8 Å². The van der Waals surface area contributed by atoms with Gasteiger partial charge in [-0.15, -0.1) is 0 Å². The van der Waals surface area contributed by atoms with Crippen LogP contribution in [0.5, 0.6) is 0 Å². The topological polar surface area (TPSA) is 86.0 Å². The molecule has 0 bridgehead atoms. The highest BCUT2D eigenvalue weighted by molar-refractivity contribution is 6.42. The summed E-state index contributed by atoms with van der Waals surface area (Å²) >= 11 is 11.8. The van der Waals surface area contributed by atoms with Crippen molar-refractivity contribution in [1.82, 2.24) is 15.0 Å². The molecule has 0 atom stereocenters. The van der Waals surface area contributed by atoms with Gasteiger partial charge in [0.1, 0.15) is 6.61 Å². The van der Waals surface area contributed by atoms with Gasteiger partial charge in [0.2, 0.25) is 11.9 Å². The highest BCUT2D eigenvalue weighted by atomic mass is 35.5. The molecule has 8 heteroatoms. The van der Waals surface area contributed by atoms with Crippen molar-refractivity contribution in [1.29, 1.82) is 0 Å². The number of rotatable bonds is 4. The maximum absolute atomic E-state index is 5.92. The summed E-state index contributed by atoms with van der Waals surface area (Å²) < 4.78 is 4.95. The summed E-state index contributed by atoms with van der Waals surface area (Å²) in [6.07, 6.45) is 0. The van der Waals surface area contributed by atoms with E-state index in [4.69, 9.17) is 33.7 Å². The van der Waals surface area contributed by atoms with E-state index in [1.54, 1.807) is 25.3 Å². The SMILES string of the molecule is COCc1nc(N)nc(Nc2ccc(Cl)c(Cl)c2)n1.